The predicted octanol–water partition coefficient (Wildman–Crippen LogP) is 4.41. The van der Waals surface area contributed by atoms with E-state index in [4.69, 9.17) is 4.74 Å². The molecular weight excluding hydrogens is 304 g/mol. The maximum Gasteiger partial charge on any atom is 0.202 e. The van der Waals surface area contributed by atoms with Gasteiger partial charge in [0.25, 0.3) is 0 Å². The van der Waals surface area contributed by atoms with E-state index in [-0.39, 0.29) is 5.78 Å². The monoisotopic (exact) mass is 318 g/mol. The van der Waals surface area contributed by atoms with Crippen LogP contribution in [-0.4, -0.2) is 11.9 Å². The van der Waals surface area contributed by atoms with E-state index in [0.29, 0.717) is 5.56 Å². The summed E-state index contributed by atoms with van der Waals surface area (Å²) in [6.45, 7) is 3.74. The van der Waals surface area contributed by atoms with Crippen LogP contribution in [0.3, 0.4) is 0 Å². The summed E-state index contributed by atoms with van der Waals surface area (Å²) in [5.74, 6) is 0.733. The number of carbonyl (C=O) groups is 1. The molecule has 0 saturated carbocycles. The highest BCUT2D eigenvalue weighted by molar-refractivity contribution is 9.10. The van der Waals surface area contributed by atoms with Gasteiger partial charge in [-0.1, -0.05) is 46.3 Å². The van der Waals surface area contributed by atoms with Crippen molar-refractivity contribution >= 4 is 21.7 Å². The molecule has 0 bridgehead atoms. The van der Waals surface area contributed by atoms with E-state index >= 15 is 0 Å². The molecule has 98 valence electrons. The largest absolute Gasteiger partial charge is 0.482 e. The highest BCUT2D eigenvalue weighted by Gasteiger charge is 2.17. The van der Waals surface area contributed by atoms with Gasteiger partial charge in [0, 0.05) is 10.0 Å². The van der Waals surface area contributed by atoms with Crippen LogP contribution in [0.5, 0.6) is 5.75 Å². The first kappa shape index (κ1) is 13.8. The number of benzene rings is 2. The van der Waals surface area contributed by atoms with Crippen molar-refractivity contribution in [1.29, 1.82) is 0 Å². The molecule has 3 heteroatoms. The average Bonchev–Trinajstić information content (AvgIpc) is 2.41. The molecule has 19 heavy (non-hydrogen) atoms. The topological polar surface area (TPSA) is 26.3 Å². The molecule has 0 aliphatic heterocycles. The summed E-state index contributed by atoms with van der Waals surface area (Å²) >= 11 is 3.35. The molecule has 0 aliphatic rings. The number of para-hydroxylation sites is 1. The Balaban J connectivity index is 2.12. The van der Waals surface area contributed by atoms with Crippen LogP contribution in [0.1, 0.15) is 22.8 Å². The first-order chi connectivity index (χ1) is 9.08. The van der Waals surface area contributed by atoms with Crippen LogP contribution in [0, 0.1) is 6.92 Å². The summed E-state index contributed by atoms with van der Waals surface area (Å²) < 4.78 is 6.69. The fourth-order valence-corrected chi connectivity index (χ4v) is 2.05. The molecule has 0 aromatic heterocycles. The molecule has 0 N–H and O–H groups in total. The highest BCUT2D eigenvalue weighted by atomic mass is 79.9. The Morgan fingerprint density at radius 1 is 1.11 bits per heavy atom. The van der Waals surface area contributed by atoms with Crippen molar-refractivity contribution in [2.75, 3.05) is 0 Å². The number of ketones is 1. The zero-order valence-corrected chi connectivity index (χ0v) is 12.5. The van der Waals surface area contributed by atoms with Gasteiger partial charge < -0.3 is 4.74 Å². The lowest BCUT2D eigenvalue weighted by atomic mass is 10.1. The molecule has 1 atom stereocenters. The molecule has 2 aromatic rings. The predicted molar refractivity (Wildman–Crippen MR) is 79.7 cm³/mol. The molecule has 0 aliphatic carbocycles. The Labute approximate surface area is 121 Å². The summed E-state index contributed by atoms with van der Waals surface area (Å²) in [4.78, 5) is 12.2. The van der Waals surface area contributed by atoms with Crippen LogP contribution in [0.4, 0.5) is 0 Å². The number of carbonyl (C=O) groups excluding carboxylic acids is 1. The minimum absolute atomic E-state index is 0.0178. The fraction of sp³-hybridized carbons (Fsp3) is 0.188. The molecule has 2 aromatic carbocycles. The fourth-order valence-electron chi connectivity index (χ4n) is 1.78. The lowest BCUT2D eigenvalue weighted by molar-refractivity contribution is 0.0817. The van der Waals surface area contributed by atoms with Gasteiger partial charge in [0.05, 0.1) is 0 Å². The number of halogens is 1. The standard InChI is InChI=1S/C16H15BrO2/c1-11-5-3-4-6-15(11)19-12(2)16(18)13-7-9-14(17)10-8-13/h3-10,12H,1-2H3. The van der Waals surface area contributed by atoms with Crippen molar-refractivity contribution in [2.24, 2.45) is 0 Å². The third kappa shape index (κ3) is 3.44. The van der Waals surface area contributed by atoms with E-state index < -0.39 is 6.10 Å². The van der Waals surface area contributed by atoms with Crippen molar-refractivity contribution in [1.82, 2.24) is 0 Å². The number of aryl methyl sites for hydroxylation is 1. The number of Topliss-reactive ketones (excluding diaryl/α,β-unsaturated/α-hetero) is 1. The smallest absolute Gasteiger partial charge is 0.202 e. The van der Waals surface area contributed by atoms with E-state index in [0.717, 1.165) is 15.8 Å². The maximum atomic E-state index is 12.2. The number of ether oxygens (including phenoxy) is 1. The van der Waals surface area contributed by atoms with Crippen LogP contribution >= 0.6 is 15.9 Å². The highest BCUT2D eigenvalue weighted by Crippen LogP contribution is 2.19. The van der Waals surface area contributed by atoms with Crippen molar-refractivity contribution in [3.8, 4) is 5.75 Å². The van der Waals surface area contributed by atoms with Gasteiger partial charge in [-0.3, -0.25) is 4.79 Å². The van der Waals surface area contributed by atoms with Gasteiger partial charge in [-0.25, -0.2) is 0 Å². The normalized spacial score (nSPS) is 11.9. The summed E-state index contributed by atoms with van der Waals surface area (Å²) in [6, 6.07) is 15.0. The second-order valence-corrected chi connectivity index (χ2v) is 5.31. The van der Waals surface area contributed by atoms with Gasteiger partial charge in [0.2, 0.25) is 5.78 Å². The maximum absolute atomic E-state index is 12.2. The zero-order valence-electron chi connectivity index (χ0n) is 10.9. The molecule has 0 amide bonds. The van der Waals surface area contributed by atoms with Gasteiger partial charge in [-0.05, 0) is 37.6 Å². The Morgan fingerprint density at radius 2 is 1.74 bits per heavy atom. The van der Waals surface area contributed by atoms with Gasteiger partial charge in [-0.15, -0.1) is 0 Å². The van der Waals surface area contributed by atoms with Crippen LogP contribution in [0.2, 0.25) is 0 Å². The molecule has 0 spiro atoms. The van der Waals surface area contributed by atoms with E-state index in [1.807, 2.05) is 43.3 Å². The van der Waals surface area contributed by atoms with Crippen LogP contribution in [0.25, 0.3) is 0 Å². The van der Waals surface area contributed by atoms with E-state index in [9.17, 15) is 4.79 Å². The van der Waals surface area contributed by atoms with Gasteiger partial charge in [-0.2, -0.15) is 0 Å². The molecule has 0 fully saturated rings. The quantitative estimate of drug-likeness (QED) is 0.781. The van der Waals surface area contributed by atoms with Crippen molar-refractivity contribution in [3.05, 3.63) is 64.1 Å². The van der Waals surface area contributed by atoms with E-state index in [1.54, 1.807) is 19.1 Å². The number of rotatable bonds is 4. The van der Waals surface area contributed by atoms with Gasteiger partial charge in [0.15, 0.2) is 6.10 Å². The SMILES string of the molecule is Cc1ccccc1OC(C)C(=O)c1ccc(Br)cc1. The van der Waals surface area contributed by atoms with E-state index in [1.165, 1.54) is 0 Å². The third-order valence-electron chi connectivity index (χ3n) is 2.90. The Bertz CT molecular complexity index is 576. The lowest BCUT2D eigenvalue weighted by Crippen LogP contribution is -2.24. The zero-order chi connectivity index (χ0) is 13.8. The first-order valence-electron chi connectivity index (χ1n) is 6.10. The van der Waals surface area contributed by atoms with Crippen LogP contribution in [0.15, 0.2) is 53.0 Å². The van der Waals surface area contributed by atoms with Crippen LogP contribution < -0.4 is 4.74 Å². The molecule has 0 radical (unpaired) electrons. The number of hydrogen-bond donors (Lipinski definition) is 0. The summed E-state index contributed by atoms with van der Waals surface area (Å²) in [7, 11) is 0. The van der Waals surface area contributed by atoms with Gasteiger partial charge in [0.1, 0.15) is 5.75 Å². The molecule has 2 rings (SSSR count). The molecule has 0 heterocycles. The summed E-state index contributed by atoms with van der Waals surface area (Å²) in [5.41, 5.74) is 1.68. The number of hydrogen-bond acceptors (Lipinski definition) is 2. The van der Waals surface area contributed by atoms with Crippen molar-refractivity contribution in [2.45, 2.75) is 20.0 Å². The molecule has 0 saturated heterocycles. The van der Waals surface area contributed by atoms with Crippen molar-refractivity contribution in [3.63, 3.8) is 0 Å². The Kier molecular flexibility index (Phi) is 4.38. The molecule has 1 unspecified atom stereocenters. The second-order valence-electron chi connectivity index (χ2n) is 4.40. The molecular formula is C16H15BrO2. The average molecular weight is 319 g/mol. The third-order valence-corrected chi connectivity index (χ3v) is 3.42. The first-order valence-corrected chi connectivity index (χ1v) is 6.89. The summed E-state index contributed by atoms with van der Waals surface area (Å²) in [5, 5.41) is 0. The Hall–Kier alpha value is -1.61. The van der Waals surface area contributed by atoms with Gasteiger partial charge >= 0.3 is 0 Å². The Morgan fingerprint density at radius 3 is 2.37 bits per heavy atom. The minimum atomic E-state index is -0.498. The second kappa shape index (κ2) is 6.02. The molecule has 2 nitrogen and oxygen atoms in total. The van der Waals surface area contributed by atoms with Crippen molar-refractivity contribution < 1.29 is 9.53 Å². The lowest BCUT2D eigenvalue weighted by Gasteiger charge is -2.15. The summed E-state index contributed by atoms with van der Waals surface area (Å²) in [6.07, 6.45) is -0.498. The van der Waals surface area contributed by atoms with E-state index in [2.05, 4.69) is 15.9 Å². The minimum Gasteiger partial charge on any atom is -0.482 e. The van der Waals surface area contributed by atoms with Crippen LogP contribution in [-0.2, 0) is 0 Å².